The number of nitrogens with zero attached hydrogens (tertiary/aromatic N) is 2. The highest BCUT2D eigenvalue weighted by molar-refractivity contribution is 6.09. The molecular weight excluding hydrogens is 705 g/mol. The summed E-state index contributed by atoms with van der Waals surface area (Å²) in [5.74, 6) is 1.67. The first-order valence-corrected chi connectivity index (χ1v) is 18.8. The smallest absolute Gasteiger partial charge is 0.416 e. The van der Waals surface area contributed by atoms with Crippen molar-refractivity contribution in [1.82, 2.24) is 0 Å². The summed E-state index contributed by atoms with van der Waals surface area (Å²) in [4.78, 5) is 4.65. The molecule has 5 aromatic carbocycles. The minimum Gasteiger partial charge on any atom is -0.493 e. The van der Waals surface area contributed by atoms with Gasteiger partial charge in [0.15, 0.2) is 17.1 Å². The van der Waals surface area contributed by atoms with Gasteiger partial charge in [-0.05, 0) is 82.2 Å². The molecule has 0 radical (unpaired) electrons. The topological polar surface area (TPSA) is 52.6 Å². The highest BCUT2D eigenvalue weighted by Gasteiger charge is 2.46. The van der Waals surface area contributed by atoms with Crippen molar-refractivity contribution in [2.75, 3.05) is 76.6 Å². The monoisotopic (exact) mass is 748 g/mol. The molecule has 4 aliphatic rings. The molecule has 0 saturated carbocycles. The molecule has 2 fully saturated rings. The Morgan fingerprint density at radius 1 is 0.673 bits per heavy atom. The minimum atomic E-state index is -4.48. The summed E-state index contributed by atoms with van der Waals surface area (Å²) >= 11 is 0. The number of methoxy groups -OCH3 is 2. The van der Waals surface area contributed by atoms with Gasteiger partial charge >= 0.3 is 6.18 Å². The Kier molecular flexibility index (Phi) is 8.55. The molecule has 3 aliphatic heterocycles. The number of anilines is 2. The minimum absolute atomic E-state index is 0.519. The van der Waals surface area contributed by atoms with Gasteiger partial charge < -0.3 is 33.5 Å². The summed E-state index contributed by atoms with van der Waals surface area (Å²) in [6.07, 6.45) is -0.261. The van der Waals surface area contributed by atoms with Crippen LogP contribution >= 0.6 is 0 Å². The van der Waals surface area contributed by atoms with E-state index in [1.165, 1.54) is 12.1 Å². The van der Waals surface area contributed by atoms with Gasteiger partial charge in [0, 0.05) is 65.0 Å². The van der Waals surface area contributed by atoms with E-state index in [1.807, 2.05) is 26.0 Å². The number of halogens is 3. The predicted octanol–water partition coefficient (Wildman–Crippen LogP) is 9.20. The van der Waals surface area contributed by atoms with Crippen molar-refractivity contribution in [2.24, 2.45) is 0 Å². The van der Waals surface area contributed by atoms with Gasteiger partial charge in [-0.2, -0.15) is 13.2 Å². The summed E-state index contributed by atoms with van der Waals surface area (Å²) < 4.78 is 72.8. The molecule has 0 atom stereocenters. The van der Waals surface area contributed by atoms with Crippen LogP contribution in [0.1, 0.15) is 47.2 Å². The van der Waals surface area contributed by atoms with Crippen molar-refractivity contribution in [3.8, 4) is 28.4 Å². The van der Waals surface area contributed by atoms with Crippen LogP contribution < -0.4 is 24.0 Å². The van der Waals surface area contributed by atoms with Crippen molar-refractivity contribution in [1.29, 1.82) is 0 Å². The number of benzene rings is 5. The number of morpholine rings is 2. The number of hydrogen-bond acceptors (Lipinski definition) is 7. The van der Waals surface area contributed by atoms with E-state index in [1.54, 1.807) is 20.3 Å². The molecule has 0 bridgehead atoms. The average Bonchev–Trinajstić information content (AvgIpc) is 3.46. The second-order valence-corrected chi connectivity index (χ2v) is 15.1. The van der Waals surface area contributed by atoms with Crippen LogP contribution in [0.5, 0.6) is 17.2 Å². The van der Waals surface area contributed by atoms with Gasteiger partial charge in [0.1, 0.15) is 5.75 Å². The second-order valence-electron chi connectivity index (χ2n) is 15.1. The van der Waals surface area contributed by atoms with Gasteiger partial charge in [-0.15, -0.1) is 0 Å². The molecule has 7 nitrogen and oxygen atoms in total. The van der Waals surface area contributed by atoms with Gasteiger partial charge in [-0.1, -0.05) is 50.3 Å². The van der Waals surface area contributed by atoms with Crippen LogP contribution in [0, 0.1) is 0 Å². The maximum absolute atomic E-state index is 14.1. The van der Waals surface area contributed by atoms with E-state index in [2.05, 4.69) is 70.5 Å². The van der Waals surface area contributed by atoms with E-state index in [-0.39, 0.29) is 0 Å². The van der Waals surface area contributed by atoms with Crippen LogP contribution in [0.4, 0.5) is 24.5 Å². The molecule has 0 aromatic heterocycles. The molecule has 9 rings (SSSR count). The van der Waals surface area contributed by atoms with E-state index in [0.29, 0.717) is 49.2 Å². The number of rotatable bonds is 6. The summed E-state index contributed by atoms with van der Waals surface area (Å²) in [5.41, 5.74) is 5.59. The number of alkyl halides is 3. The number of fused-ring (bicyclic) bond motifs is 8. The molecule has 55 heavy (non-hydrogen) atoms. The molecular formula is C45H43F3N2O5. The van der Waals surface area contributed by atoms with Crippen molar-refractivity contribution >= 4 is 28.2 Å². The van der Waals surface area contributed by atoms with Crippen molar-refractivity contribution in [2.45, 2.75) is 31.0 Å². The van der Waals surface area contributed by atoms with Gasteiger partial charge in [-0.3, -0.25) is 0 Å². The molecule has 5 aromatic rings. The summed E-state index contributed by atoms with van der Waals surface area (Å²) in [7, 11) is 3.18. The van der Waals surface area contributed by atoms with Gasteiger partial charge in [0.2, 0.25) is 0 Å². The van der Waals surface area contributed by atoms with Crippen molar-refractivity contribution in [3.63, 3.8) is 0 Å². The summed E-state index contributed by atoms with van der Waals surface area (Å²) in [5, 5.41) is 1.59. The highest BCUT2D eigenvalue weighted by Crippen LogP contribution is 2.59. The lowest BCUT2D eigenvalue weighted by molar-refractivity contribution is -0.137. The van der Waals surface area contributed by atoms with Crippen LogP contribution in [-0.4, -0.2) is 66.8 Å². The molecule has 3 heterocycles. The third-order valence-corrected chi connectivity index (χ3v) is 11.8. The fraction of sp³-hybridized carbons (Fsp3) is 0.333. The Labute approximate surface area is 318 Å². The number of hydrogen-bond donors (Lipinski definition) is 0. The molecule has 0 unspecified atom stereocenters. The fourth-order valence-electron chi connectivity index (χ4n) is 8.95. The molecule has 284 valence electrons. The SMILES string of the molecule is COc1cc2c3c(c4c(c2cc1OC)-c1ccc(C(F)(F)F)cc1C4(C)C)C=CC(c1ccc(N2CCOCC2)cc1)(c1ccc(N2CCOCC2)cc1)O3. The Morgan fingerprint density at radius 2 is 1.20 bits per heavy atom. The molecule has 1 aliphatic carbocycles. The first-order valence-electron chi connectivity index (χ1n) is 18.8. The zero-order valence-electron chi connectivity index (χ0n) is 31.4. The summed E-state index contributed by atoms with van der Waals surface area (Å²) in [6, 6.07) is 25.0. The third kappa shape index (κ3) is 5.71. The molecule has 0 spiro atoms. The molecule has 10 heteroatoms. The molecule has 2 saturated heterocycles. The maximum Gasteiger partial charge on any atom is 0.416 e. The van der Waals surface area contributed by atoms with E-state index in [0.717, 1.165) is 81.7 Å². The van der Waals surface area contributed by atoms with Crippen LogP contribution in [0.2, 0.25) is 0 Å². The Bertz CT molecular complexity index is 2240. The Balaban J connectivity index is 1.26. The quantitative estimate of drug-likeness (QED) is 0.172. The van der Waals surface area contributed by atoms with E-state index in [4.69, 9.17) is 23.7 Å². The largest absolute Gasteiger partial charge is 0.493 e. The zero-order chi connectivity index (χ0) is 38.1. The Hall–Kier alpha value is -5.19. The Morgan fingerprint density at radius 3 is 1.71 bits per heavy atom. The standard InChI is InChI=1S/C45H43F3N2O5/c1-43(2)37-25-30(45(46,47)48)9-14-33(37)40-35-26-38(51-3)39(52-4)27-36(35)42-34(41(40)43)15-16-44(55-42,28-5-10-31(11-6-28)49-17-21-53-22-18-49)29-7-12-32(13-8-29)50-19-23-54-24-20-50/h5-16,25-27H,17-24H2,1-4H3. The normalized spacial score (nSPS) is 18.4. The van der Waals surface area contributed by atoms with Crippen LogP contribution in [0.15, 0.2) is 84.9 Å². The lowest BCUT2D eigenvalue weighted by atomic mass is 9.76. The van der Waals surface area contributed by atoms with Crippen LogP contribution in [-0.2, 0) is 26.7 Å². The van der Waals surface area contributed by atoms with Gasteiger partial charge in [0.05, 0.1) is 46.2 Å². The zero-order valence-corrected chi connectivity index (χ0v) is 31.4. The van der Waals surface area contributed by atoms with Gasteiger partial charge in [0.25, 0.3) is 0 Å². The average molecular weight is 749 g/mol. The van der Waals surface area contributed by atoms with Gasteiger partial charge in [-0.25, -0.2) is 0 Å². The van der Waals surface area contributed by atoms with E-state index in [9.17, 15) is 13.2 Å². The van der Waals surface area contributed by atoms with E-state index < -0.39 is 22.8 Å². The highest BCUT2D eigenvalue weighted by atomic mass is 19.4. The molecule has 0 N–H and O–H groups in total. The van der Waals surface area contributed by atoms with Crippen molar-refractivity contribution in [3.05, 3.63) is 118 Å². The lowest BCUT2D eigenvalue weighted by Crippen LogP contribution is -2.37. The predicted molar refractivity (Wildman–Crippen MR) is 209 cm³/mol. The third-order valence-electron chi connectivity index (χ3n) is 11.8. The van der Waals surface area contributed by atoms with Crippen molar-refractivity contribution < 1.29 is 36.9 Å². The first-order chi connectivity index (χ1) is 26.5. The second kappa shape index (κ2) is 13.2. The van der Waals surface area contributed by atoms with Crippen LogP contribution in [0.3, 0.4) is 0 Å². The fourth-order valence-corrected chi connectivity index (χ4v) is 8.95. The molecule has 0 amide bonds. The number of ether oxygens (including phenoxy) is 5. The van der Waals surface area contributed by atoms with Crippen LogP contribution in [0.25, 0.3) is 28.0 Å². The lowest BCUT2D eigenvalue weighted by Gasteiger charge is -2.39. The first kappa shape index (κ1) is 35.5. The summed E-state index contributed by atoms with van der Waals surface area (Å²) in [6.45, 7) is 10.0. The maximum atomic E-state index is 14.1. The van der Waals surface area contributed by atoms with E-state index >= 15 is 0 Å².